The molecule has 0 aliphatic carbocycles. The fourth-order valence-corrected chi connectivity index (χ4v) is 1.17. The molecule has 0 heterocycles. The highest BCUT2D eigenvalue weighted by Gasteiger charge is 2.14. The fourth-order valence-electron chi connectivity index (χ4n) is 0.541. The molecule has 0 saturated carbocycles. The quantitative estimate of drug-likeness (QED) is 0.447. The number of esters is 1. The molecule has 15 heavy (non-hydrogen) atoms. The highest BCUT2D eigenvalue weighted by atomic mass is 32.2. The summed E-state index contributed by atoms with van der Waals surface area (Å²) in [5.74, 6) is -0.990. The van der Waals surface area contributed by atoms with Gasteiger partial charge in [-0.2, -0.15) is 9.76 Å². The van der Waals surface area contributed by atoms with E-state index in [4.69, 9.17) is 0 Å². The van der Waals surface area contributed by atoms with Gasteiger partial charge in [-0.05, 0) is 6.92 Å². The topological polar surface area (TPSA) is 93.7 Å². The van der Waals surface area contributed by atoms with Crippen LogP contribution < -0.4 is 10.8 Å². The summed E-state index contributed by atoms with van der Waals surface area (Å²) in [5.41, 5.74) is 2.23. The van der Waals surface area contributed by atoms with Crippen molar-refractivity contribution in [1.29, 1.82) is 0 Å². The minimum absolute atomic E-state index is 0.143. The van der Waals surface area contributed by atoms with E-state index >= 15 is 0 Å². The second-order valence-corrected chi connectivity index (χ2v) is 3.69. The van der Waals surface area contributed by atoms with Crippen molar-refractivity contribution < 1.29 is 22.8 Å². The lowest BCUT2D eigenvalue weighted by Gasteiger charge is -2.10. The third-order valence-electron chi connectivity index (χ3n) is 1.31. The fraction of sp³-hybridized carbons (Fsp3) is 0.714. The molecule has 0 bridgehead atoms. The van der Waals surface area contributed by atoms with Crippen LogP contribution in [-0.4, -0.2) is 35.1 Å². The number of methoxy groups -OCH3 is 1. The van der Waals surface area contributed by atoms with E-state index in [9.17, 15) is 13.8 Å². The molecular formula is C7H14N2O5S. The average molecular weight is 238 g/mol. The summed E-state index contributed by atoms with van der Waals surface area (Å²) < 4.78 is 20.0. The Labute approximate surface area is 90.1 Å². The molecule has 0 spiro atoms. The summed E-state index contributed by atoms with van der Waals surface area (Å²) in [6.45, 7) is 2.78. The number of rotatable bonds is 6. The van der Waals surface area contributed by atoms with Gasteiger partial charge < -0.3 is 10.1 Å². The Kier molecular flexibility index (Phi) is 6.84. The molecule has 0 aromatic heterocycles. The largest absolute Gasteiger partial charge is 0.468 e. The zero-order chi connectivity index (χ0) is 11.8. The van der Waals surface area contributed by atoms with E-state index < -0.39 is 23.1 Å². The summed E-state index contributed by atoms with van der Waals surface area (Å²) in [6.07, 6.45) is 0. The Balaban J connectivity index is 3.71. The molecule has 2 N–H and O–H groups in total. The van der Waals surface area contributed by atoms with Gasteiger partial charge in [0.2, 0.25) is 5.91 Å². The maximum absolute atomic E-state index is 11.0. The van der Waals surface area contributed by atoms with Crippen molar-refractivity contribution >= 4 is 23.0 Å². The zero-order valence-electron chi connectivity index (χ0n) is 8.73. The van der Waals surface area contributed by atoms with Crippen molar-refractivity contribution in [1.82, 2.24) is 10.8 Å². The van der Waals surface area contributed by atoms with Gasteiger partial charge in [-0.25, -0.2) is 4.21 Å². The monoisotopic (exact) mass is 238 g/mol. The predicted molar refractivity (Wildman–Crippen MR) is 52.5 cm³/mol. The van der Waals surface area contributed by atoms with Crippen LogP contribution in [0.15, 0.2) is 0 Å². The van der Waals surface area contributed by atoms with Crippen LogP contribution in [0.2, 0.25) is 0 Å². The number of carbonyl (C=O) groups is 2. The van der Waals surface area contributed by atoms with Crippen LogP contribution in [0.1, 0.15) is 13.8 Å². The molecule has 0 rings (SSSR count). The van der Waals surface area contributed by atoms with Gasteiger partial charge in [0.1, 0.15) is 11.9 Å². The van der Waals surface area contributed by atoms with Crippen LogP contribution in [0, 0.1) is 0 Å². The predicted octanol–water partition coefficient (Wildman–Crippen LogP) is -1.17. The Morgan fingerprint density at radius 2 is 2.07 bits per heavy atom. The van der Waals surface area contributed by atoms with Gasteiger partial charge in [0.15, 0.2) is 11.1 Å². The van der Waals surface area contributed by atoms with Crippen molar-refractivity contribution in [3.05, 3.63) is 0 Å². The van der Waals surface area contributed by atoms with E-state index in [2.05, 4.69) is 19.8 Å². The Morgan fingerprint density at radius 3 is 2.53 bits per heavy atom. The normalized spacial score (nSPS) is 14.1. The minimum atomic E-state index is -1.73. The van der Waals surface area contributed by atoms with Crippen LogP contribution in [0.5, 0.6) is 0 Å². The lowest BCUT2D eigenvalue weighted by molar-refractivity contribution is -0.144. The van der Waals surface area contributed by atoms with Gasteiger partial charge in [-0.3, -0.25) is 9.59 Å². The van der Waals surface area contributed by atoms with E-state index in [0.717, 1.165) is 0 Å². The highest BCUT2D eigenvalue weighted by molar-refractivity contribution is 7.80. The number of hydroxylamine groups is 1. The highest BCUT2D eigenvalue weighted by Crippen LogP contribution is 1.88. The van der Waals surface area contributed by atoms with Gasteiger partial charge in [0.05, 0.1) is 7.11 Å². The second kappa shape index (κ2) is 7.32. The number of carbonyl (C=O) groups excluding carboxylic acids is 2. The lowest BCUT2D eigenvalue weighted by atomic mass is 10.4. The Morgan fingerprint density at radius 1 is 1.47 bits per heavy atom. The molecule has 7 nitrogen and oxygen atoms in total. The standard InChI is InChI=1S/C7H14N2O5S/c1-5(7(11)13-3)9-14-15(12)4-8-6(2)10/h5,9H,4H2,1-3H3,(H,8,10). The molecule has 0 aromatic carbocycles. The van der Waals surface area contributed by atoms with Gasteiger partial charge in [-0.15, -0.1) is 0 Å². The maximum Gasteiger partial charge on any atom is 0.324 e. The van der Waals surface area contributed by atoms with Crippen molar-refractivity contribution in [2.24, 2.45) is 0 Å². The molecule has 2 unspecified atom stereocenters. The first-order valence-corrected chi connectivity index (χ1v) is 5.35. The molecule has 1 amide bonds. The van der Waals surface area contributed by atoms with E-state index in [1.165, 1.54) is 21.0 Å². The first-order chi connectivity index (χ1) is 6.97. The summed E-state index contributed by atoms with van der Waals surface area (Å²) in [6, 6.07) is -0.726. The van der Waals surface area contributed by atoms with E-state index in [-0.39, 0.29) is 11.8 Å². The van der Waals surface area contributed by atoms with Gasteiger partial charge in [0, 0.05) is 6.92 Å². The van der Waals surface area contributed by atoms with Gasteiger partial charge in [0.25, 0.3) is 0 Å². The molecule has 8 heteroatoms. The molecule has 0 radical (unpaired) electrons. The van der Waals surface area contributed by atoms with E-state index in [1.807, 2.05) is 0 Å². The zero-order valence-corrected chi connectivity index (χ0v) is 9.55. The van der Waals surface area contributed by atoms with Gasteiger partial charge >= 0.3 is 5.97 Å². The summed E-state index contributed by atoms with van der Waals surface area (Å²) in [5, 5.41) is 2.29. The third-order valence-corrected chi connectivity index (χ3v) is 1.97. The minimum Gasteiger partial charge on any atom is -0.468 e. The molecule has 0 saturated heterocycles. The molecule has 88 valence electrons. The first kappa shape index (κ1) is 14.0. The van der Waals surface area contributed by atoms with Crippen molar-refractivity contribution in [3.63, 3.8) is 0 Å². The lowest BCUT2D eigenvalue weighted by Crippen LogP contribution is -2.37. The van der Waals surface area contributed by atoms with Crippen LogP contribution in [0.25, 0.3) is 0 Å². The molecule has 0 aliphatic heterocycles. The summed E-state index contributed by atoms with van der Waals surface area (Å²) >= 11 is -1.73. The van der Waals surface area contributed by atoms with Crippen LogP contribution in [0.3, 0.4) is 0 Å². The van der Waals surface area contributed by atoms with Crippen LogP contribution in [0.4, 0.5) is 0 Å². The van der Waals surface area contributed by atoms with Crippen molar-refractivity contribution in [2.75, 3.05) is 13.0 Å². The first-order valence-electron chi connectivity index (χ1n) is 4.11. The Bertz CT molecular complexity index is 258. The van der Waals surface area contributed by atoms with Crippen LogP contribution >= 0.6 is 0 Å². The number of ether oxygens (including phenoxy) is 1. The number of amides is 1. The average Bonchev–Trinajstić information content (AvgIpc) is 2.21. The third kappa shape index (κ3) is 7.00. The van der Waals surface area contributed by atoms with E-state index in [1.54, 1.807) is 0 Å². The van der Waals surface area contributed by atoms with Crippen molar-refractivity contribution in [2.45, 2.75) is 19.9 Å². The number of nitrogens with one attached hydrogen (secondary N) is 2. The summed E-state index contributed by atoms with van der Waals surface area (Å²) in [4.78, 5) is 21.3. The SMILES string of the molecule is COC(=O)C(C)NOS(=O)CNC(C)=O. The maximum atomic E-state index is 11.0. The molecule has 0 aromatic rings. The molecule has 0 aliphatic rings. The van der Waals surface area contributed by atoms with Crippen molar-refractivity contribution in [3.8, 4) is 0 Å². The Hall–Kier alpha value is -0.990. The van der Waals surface area contributed by atoms with E-state index in [0.29, 0.717) is 0 Å². The smallest absolute Gasteiger partial charge is 0.324 e. The second-order valence-electron chi connectivity index (χ2n) is 2.63. The molecule has 0 fully saturated rings. The number of hydrogen-bond acceptors (Lipinski definition) is 6. The summed E-state index contributed by atoms with van der Waals surface area (Å²) in [7, 11) is 1.23. The van der Waals surface area contributed by atoms with Crippen LogP contribution in [-0.2, 0) is 29.7 Å². The van der Waals surface area contributed by atoms with Gasteiger partial charge in [-0.1, -0.05) is 0 Å². The molecule has 2 atom stereocenters. The molecular weight excluding hydrogens is 224 g/mol. The number of hydrogen-bond donors (Lipinski definition) is 2.